The highest BCUT2D eigenvalue weighted by Gasteiger charge is 2.39. The minimum absolute atomic E-state index is 0.0342. The highest BCUT2D eigenvalue weighted by atomic mass is 19.4. The molecule has 112 valence electrons. The smallest absolute Gasteiger partial charge is 0.444 e. The van der Waals surface area contributed by atoms with Crippen LogP contribution in [0.4, 0.5) is 18.0 Å². The van der Waals surface area contributed by atoms with E-state index in [0.717, 1.165) is 0 Å². The Morgan fingerprint density at radius 1 is 1.37 bits per heavy atom. The Balaban J connectivity index is 2.35. The summed E-state index contributed by atoms with van der Waals surface area (Å²) in [5.41, 5.74) is -0.603. The number of piperidine rings is 1. The van der Waals surface area contributed by atoms with Gasteiger partial charge in [-0.15, -0.1) is 0 Å². The normalized spacial score (nSPS) is 22.1. The highest BCUT2D eigenvalue weighted by molar-refractivity contribution is 5.67. The first-order valence-corrected chi connectivity index (χ1v) is 6.36. The number of alkyl carbamates (subject to hydrolysis) is 1. The number of carbonyl (C=O) groups is 1. The molecule has 0 aliphatic carbocycles. The van der Waals surface area contributed by atoms with Gasteiger partial charge in [0.25, 0.3) is 0 Å². The first-order valence-electron chi connectivity index (χ1n) is 6.36. The molecule has 1 atom stereocenters. The molecule has 1 aliphatic rings. The van der Waals surface area contributed by atoms with E-state index in [1.807, 2.05) is 0 Å². The minimum Gasteiger partial charge on any atom is -0.444 e. The van der Waals surface area contributed by atoms with E-state index >= 15 is 0 Å². The van der Waals surface area contributed by atoms with E-state index in [4.69, 9.17) is 4.74 Å². The zero-order chi connectivity index (χ0) is 14.7. The number of amides is 1. The standard InChI is InChI=1S/C12H21F3N2O2/c1-11(2,3)19-10(18)16-7-9-5-4-6-17(8-9)12(13,14)15/h9H,4-8H2,1-3H3,(H,16,18). The maximum absolute atomic E-state index is 12.5. The molecule has 0 spiro atoms. The average Bonchev–Trinajstić information content (AvgIpc) is 2.23. The van der Waals surface area contributed by atoms with E-state index in [9.17, 15) is 18.0 Å². The molecular formula is C12H21F3N2O2. The molecule has 0 bridgehead atoms. The number of nitrogens with one attached hydrogen (secondary N) is 1. The molecule has 1 amide bonds. The van der Waals surface area contributed by atoms with Crippen molar-refractivity contribution in [2.24, 2.45) is 5.92 Å². The van der Waals surface area contributed by atoms with E-state index in [1.165, 1.54) is 0 Å². The number of nitrogens with zero attached hydrogens (tertiary/aromatic N) is 1. The number of carbonyl (C=O) groups excluding carboxylic acids is 1. The number of alkyl halides is 3. The van der Waals surface area contributed by atoms with Crippen molar-refractivity contribution in [1.29, 1.82) is 0 Å². The molecule has 1 N–H and O–H groups in total. The third-order valence-electron chi connectivity index (χ3n) is 2.81. The topological polar surface area (TPSA) is 41.6 Å². The number of hydrogen-bond acceptors (Lipinski definition) is 3. The van der Waals surface area contributed by atoms with Crippen LogP contribution in [0.25, 0.3) is 0 Å². The molecule has 1 saturated heterocycles. The van der Waals surface area contributed by atoms with Gasteiger partial charge in [0, 0.05) is 19.6 Å². The van der Waals surface area contributed by atoms with Gasteiger partial charge in [0.2, 0.25) is 0 Å². The van der Waals surface area contributed by atoms with Crippen LogP contribution in [0.1, 0.15) is 33.6 Å². The van der Waals surface area contributed by atoms with Crippen molar-refractivity contribution in [2.45, 2.75) is 45.5 Å². The van der Waals surface area contributed by atoms with Gasteiger partial charge in [-0.2, -0.15) is 13.2 Å². The monoisotopic (exact) mass is 282 g/mol. The largest absolute Gasteiger partial charge is 0.459 e. The van der Waals surface area contributed by atoms with Crippen LogP contribution in [-0.4, -0.2) is 42.5 Å². The molecule has 0 aromatic heterocycles. The van der Waals surface area contributed by atoms with Crippen molar-refractivity contribution < 1.29 is 22.7 Å². The number of rotatable bonds is 2. The minimum atomic E-state index is -4.29. The molecule has 0 aromatic rings. The quantitative estimate of drug-likeness (QED) is 0.792. The van der Waals surface area contributed by atoms with Crippen LogP contribution in [0, 0.1) is 5.92 Å². The Kier molecular flexibility index (Phi) is 5.06. The summed E-state index contributed by atoms with van der Waals surface area (Å²) in [6.45, 7) is 5.38. The average molecular weight is 282 g/mol. The molecule has 1 aliphatic heterocycles. The third-order valence-corrected chi connectivity index (χ3v) is 2.81. The van der Waals surface area contributed by atoms with E-state index in [2.05, 4.69) is 5.32 Å². The van der Waals surface area contributed by atoms with E-state index in [1.54, 1.807) is 20.8 Å². The Morgan fingerprint density at radius 3 is 2.53 bits per heavy atom. The summed E-state index contributed by atoms with van der Waals surface area (Å²) in [7, 11) is 0. The summed E-state index contributed by atoms with van der Waals surface area (Å²) in [6, 6.07) is 0. The maximum Gasteiger partial charge on any atom is 0.459 e. The first kappa shape index (κ1) is 16.1. The van der Waals surface area contributed by atoms with E-state index in [0.29, 0.717) is 17.7 Å². The lowest BCUT2D eigenvalue weighted by Gasteiger charge is -2.33. The molecule has 1 unspecified atom stereocenters. The van der Waals surface area contributed by atoms with Gasteiger partial charge in [0.15, 0.2) is 0 Å². The summed E-state index contributed by atoms with van der Waals surface area (Å²) in [5.74, 6) is -0.192. The summed E-state index contributed by atoms with van der Waals surface area (Å²) in [6.07, 6.45) is -3.70. The molecule has 0 saturated carbocycles. The predicted molar refractivity (Wildman–Crippen MR) is 64.6 cm³/mol. The van der Waals surface area contributed by atoms with Crippen LogP contribution in [0.2, 0.25) is 0 Å². The fourth-order valence-corrected chi connectivity index (χ4v) is 2.00. The van der Waals surface area contributed by atoms with Gasteiger partial charge < -0.3 is 10.1 Å². The van der Waals surface area contributed by atoms with Crippen LogP contribution in [0.15, 0.2) is 0 Å². The van der Waals surface area contributed by atoms with Crippen LogP contribution in [0.3, 0.4) is 0 Å². The first-order chi connectivity index (χ1) is 8.58. The number of halogens is 3. The fraction of sp³-hybridized carbons (Fsp3) is 0.917. The summed E-state index contributed by atoms with van der Waals surface area (Å²) >= 11 is 0. The lowest BCUT2D eigenvalue weighted by Crippen LogP contribution is -2.47. The van der Waals surface area contributed by atoms with Crippen molar-refractivity contribution in [3.63, 3.8) is 0 Å². The van der Waals surface area contributed by atoms with Crippen LogP contribution < -0.4 is 5.32 Å². The second-order valence-corrected chi connectivity index (χ2v) is 5.80. The van der Waals surface area contributed by atoms with Gasteiger partial charge in [-0.3, -0.25) is 0 Å². The zero-order valence-electron chi connectivity index (χ0n) is 11.5. The van der Waals surface area contributed by atoms with Gasteiger partial charge in [-0.1, -0.05) is 0 Å². The Morgan fingerprint density at radius 2 is 2.00 bits per heavy atom. The van der Waals surface area contributed by atoms with E-state index in [-0.39, 0.29) is 25.6 Å². The second-order valence-electron chi connectivity index (χ2n) is 5.80. The molecule has 0 aromatic carbocycles. The molecule has 1 rings (SSSR count). The van der Waals surface area contributed by atoms with Crippen molar-refractivity contribution in [3.8, 4) is 0 Å². The summed E-state index contributed by atoms with van der Waals surface area (Å²) in [5, 5.41) is 2.53. The zero-order valence-corrected chi connectivity index (χ0v) is 11.5. The molecule has 4 nitrogen and oxygen atoms in total. The second kappa shape index (κ2) is 5.98. The molecule has 19 heavy (non-hydrogen) atoms. The lowest BCUT2D eigenvalue weighted by atomic mass is 9.98. The highest BCUT2D eigenvalue weighted by Crippen LogP contribution is 2.27. The third kappa shape index (κ3) is 6.13. The lowest BCUT2D eigenvalue weighted by molar-refractivity contribution is -0.253. The van der Waals surface area contributed by atoms with Crippen LogP contribution in [0.5, 0.6) is 0 Å². The van der Waals surface area contributed by atoms with Crippen molar-refractivity contribution in [3.05, 3.63) is 0 Å². The van der Waals surface area contributed by atoms with Gasteiger partial charge in [-0.25, -0.2) is 9.69 Å². The van der Waals surface area contributed by atoms with Gasteiger partial charge >= 0.3 is 12.4 Å². The number of likely N-dealkylation sites (tertiary alicyclic amines) is 1. The molecular weight excluding hydrogens is 261 g/mol. The Hall–Kier alpha value is -0.980. The van der Waals surface area contributed by atoms with Gasteiger partial charge in [0.1, 0.15) is 5.60 Å². The molecule has 7 heteroatoms. The van der Waals surface area contributed by atoms with Crippen LogP contribution in [-0.2, 0) is 4.74 Å². The molecule has 1 heterocycles. The van der Waals surface area contributed by atoms with Crippen molar-refractivity contribution in [1.82, 2.24) is 10.2 Å². The predicted octanol–water partition coefficient (Wildman–Crippen LogP) is 2.74. The van der Waals surface area contributed by atoms with E-state index < -0.39 is 18.0 Å². The molecule has 1 fully saturated rings. The van der Waals surface area contributed by atoms with Crippen molar-refractivity contribution >= 4 is 6.09 Å². The fourth-order valence-electron chi connectivity index (χ4n) is 2.00. The summed E-state index contributed by atoms with van der Waals surface area (Å²) < 4.78 is 42.7. The van der Waals surface area contributed by atoms with Crippen molar-refractivity contribution in [2.75, 3.05) is 19.6 Å². The summed E-state index contributed by atoms with van der Waals surface area (Å²) in [4.78, 5) is 11.9. The Labute approximate surface area is 111 Å². The maximum atomic E-state index is 12.5. The number of hydrogen-bond donors (Lipinski definition) is 1. The van der Waals surface area contributed by atoms with Gasteiger partial charge in [-0.05, 0) is 39.5 Å². The SMILES string of the molecule is CC(C)(C)OC(=O)NCC1CCCN(C(F)(F)F)C1. The number of ether oxygens (including phenoxy) is 1. The molecule has 0 radical (unpaired) electrons. The van der Waals surface area contributed by atoms with Crippen LogP contribution >= 0.6 is 0 Å². The Bertz CT molecular complexity index is 313. The van der Waals surface area contributed by atoms with Gasteiger partial charge in [0.05, 0.1) is 0 Å².